The molecule has 0 fully saturated rings. The third-order valence-corrected chi connectivity index (χ3v) is 5.96. The van der Waals surface area contributed by atoms with Crippen LogP contribution in [0.5, 0.6) is 11.5 Å². The Morgan fingerprint density at radius 3 is 2.24 bits per heavy atom. The molecule has 0 saturated heterocycles. The number of rotatable bonds is 9. The van der Waals surface area contributed by atoms with Gasteiger partial charge in [-0.15, -0.1) is 11.8 Å². The van der Waals surface area contributed by atoms with Gasteiger partial charge >= 0.3 is 0 Å². The maximum Gasteiger partial charge on any atom is 0.255 e. The first-order valence-electron chi connectivity index (χ1n) is 10.6. The van der Waals surface area contributed by atoms with Crippen LogP contribution in [0.4, 0.5) is 11.4 Å². The summed E-state index contributed by atoms with van der Waals surface area (Å²) in [5, 5.41) is 5.80. The molecule has 0 unspecified atom stereocenters. The van der Waals surface area contributed by atoms with E-state index in [1.165, 1.54) is 24.4 Å². The number of benzene rings is 3. The Kier molecular flexibility index (Phi) is 8.38. The Hall–Kier alpha value is -3.45. The summed E-state index contributed by atoms with van der Waals surface area (Å²) in [6, 6.07) is 20.3. The topological polar surface area (TPSA) is 76.7 Å². The van der Waals surface area contributed by atoms with Crippen LogP contribution < -0.4 is 20.1 Å². The summed E-state index contributed by atoms with van der Waals surface area (Å²) in [5.41, 5.74) is 3.10. The largest absolute Gasteiger partial charge is 0.493 e. The molecule has 0 aliphatic rings. The van der Waals surface area contributed by atoms with Gasteiger partial charge in [-0.3, -0.25) is 9.59 Å². The first-order chi connectivity index (χ1) is 15.9. The van der Waals surface area contributed by atoms with Gasteiger partial charge in [-0.05, 0) is 60.0 Å². The van der Waals surface area contributed by atoms with Crippen molar-refractivity contribution in [2.75, 3.05) is 30.6 Å². The van der Waals surface area contributed by atoms with E-state index in [0.29, 0.717) is 28.7 Å². The van der Waals surface area contributed by atoms with Gasteiger partial charge in [-0.2, -0.15) is 0 Å². The van der Waals surface area contributed by atoms with Crippen LogP contribution in [0.15, 0.2) is 71.6 Å². The third kappa shape index (κ3) is 6.76. The van der Waals surface area contributed by atoms with Crippen LogP contribution in [0.25, 0.3) is 0 Å². The summed E-state index contributed by atoms with van der Waals surface area (Å²) in [6.07, 6.45) is 0. The zero-order valence-electron chi connectivity index (χ0n) is 19.2. The molecule has 33 heavy (non-hydrogen) atoms. The second kappa shape index (κ2) is 11.4. The lowest BCUT2D eigenvalue weighted by atomic mass is 10.0. The van der Waals surface area contributed by atoms with Crippen LogP contribution >= 0.6 is 11.8 Å². The second-order valence-electron chi connectivity index (χ2n) is 7.67. The molecule has 0 aliphatic heterocycles. The predicted octanol–water partition coefficient (Wildman–Crippen LogP) is 5.81. The quantitative estimate of drug-likeness (QED) is 0.391. The average molecular weight is 465 g/mol. The minimum atomic E-state index is -0.263. The lowest BCUT2D eigenvalue weighted by molar-refractivity contribution is -0.113. The van der Waals surface area contributed by atoms with Gasteiger partial charge in [0.05, 0.1) is 20.0 Å². The molecule has 3 rings (SSSR count). The van der Waals surface area contributed by atoms with Crippen LogP contribution in [0.2, 0.25) is 0 Å². The number of thioether (sulfide) groups is 1. The van der Waals surface area contributed by atoms with Crippen LogP contribution in [0.3, 0.4) is 0 Å². The van der Waals surface area contributed by atoms with Gasteiger partial charge in [0.15, 0.2) is 11.5 Å². The molecular formula is C26H28N2O4S. The Labute approximate surface area is 198 Å². The molecule has 6 nitrogen and oxygen atoms in total. The average Bonchev–Trinajstić information content (AvgIpc) is 2.82. The van der Waals surface area contributed by atoms with Crippen LogP contribution in [0.1, 0.15) is 35.7 Å². The van der Waals surface area contributed by atoms with E-state index < -0.39 is 0 Å². The number of hydrogen-bond donors (Lipinski definition) is 2. The van der Waals surface area contributed by atoms with Crippen molar-refractivity contribution in [3.8, 4) is 11.5 Å². The Morgan fingerprint density at radius 1 is 0.848 bits per heavy atom. The van der Waals surface area contributed by atoms with Gasteiger partial charge in [0.2, 0.25) is 5.91 Å². The highest BCUT2D eigenvalue weighted by molar-refractivity contribution is 8.00. The van der Waals surface area contributed by atoms with E-state index in [1.54, 1.807) is 31.4 Å². The number of methoxy groups -OCH3 is 2. The molecule has 0 aromatic heterocycles. The van der Waals surface area contributed by atoms with Crippen LogP contribution in [-0.4, -0.2) is 31.8 Å². The molecule has 7 heteroatoms. The molecule has 3 aromatic rings. The SMILES string of the molecule is COc1ccc(C(=O)Nc2cccc(SCC(=O)Nc3ccc(C(C)C)cc3)c2)cc1OC. The number of carbonyl (C=O) groups excluding carboxylic acids is 2. The van der Waals surface area contributed by atoms with Gasteiger partial charge in [-0.25, -0.2) is 0 Å². The van der Waals surface area contributed by atoms with E-state index in [-0.39, 0.29) is 17.6 Å². The van der Waals surface area contributed by atoms with Crippen molar-refractivity contribution >= 4 is 35.0 Å². The minimum absolute atomic E-state index is 0.0861. The number of nitrogens with one attached hydrogen (secondary N) is 2. The van der Waals surface area contributed by atoms with Gasteiger partial charge in [0, 0.05) is 21.8 Å². The zero-order chi connectivity index (χ0) is 23.8. The molecule has 0 saturated carbocycles. The molecule has 0 spiro atoms. The summed E-state index contributed by atoms with van der Waals surface area (Å²) in [4.78, 5) is 25.9. The normalized spacial score (nSPS) is 10.6. The Balaban J connectivity index is 1.57. The van der Waals surface area contributed by atoms with Crippen LogP contribution in [-0.2, 0) is 4.79 Å². The van der Waals surface area contributed by atoms with Crippen LogP contribution in [0, 0.1) is 0 Å². The summed E-state index contributed by atoms with van der Waals surface area (Å²) in [5.74, 6) is 1.41. The van der Waals surface area contributed by atoms with Crippen molar-refractivity contribution in [1.82, 2.24) is 0 Å². The summed E-state index contributed by atoms with van der Waals surface area (Å²) < 4.78 is 10.5. The maximum absolute atomic E-state index is 12.7. The van der Waals surface area contributed by atoms with Gasteiger partial charge < -0.3 is 20.1 Å². The predicted molar refractivity (Wildman–Crippen MR) is 134 cm³/mol. The maximum atomic E-state index is 12.7. The molecule has 3 aromatic carbocycles. The van der Waals surface area contributed by atoms with E-state index in [1.807, 2.05) is 42.5 Å². The van der Waals surface area contributed by atoms with E-state index in [0.717, 1.165) is 10.6 Å². The fourth-order valence-electron chi connectivity index (χ4n) is 3.14. The van der Waals surface area contributed by atoms with Gasteiger partial charge in [0.25, 0.3) is 5.91 Å². The van der Waals surface area contributed by atoms with E-state index >= 15 is 0 Å². The molecule has 2 N–H and O–H groups in total. The zero-order valence-corrected chi connectivity index (χ0v) is 20.0. The van der Waals surface area contributed by atoms with Crippen molar-refractivity contribution in [3.05, 3.63) is 77.9 Å². The molecule has 0 bridgehead atoms. The monoisotopic (exact) mass is 464 g/mol. The van der Waals surface area contributed by atoms with Crippen molar-refractivity contribution in [2.45, 2.75) is 24.7 Å². The molecule has 0 radical (unpaired) electrons. The number of ether oxygens (including phenoxy) is 2. The minimum Gasteiger partial charge on any atom is -0.493 e. The summed E-state index contributed by atoms with van der Waals surface area (Å²) in [7, 11) is 3.07. The van der Waals surface area contributed by atoms with Crippen molar-refractivity contribution in [1.29, 1.82) is 0 Å². The highest BCUT2D eigenvalue weighted by Gasteiger charge is 2.12. The lowest BCUT2D eigenvalue weighted by Crippen LogP contribution is -2.14. The van der Waals surface area contributed by atoms with E-state index in [9.17, 15) is 9.59 Å². The second-order valence-corrected chi connectivity index (χ2v) is 8.71. The summed E-state index contributed by atoms with van der Waals surface area (Å²) >= 11 is 1.40. The first-order valence-corrected chi connectivity index (χ1v) is 11.5. The number of amides is 2. The van der Waals surface area contributed by atoms with Crippen molar-refractivity contribution < 1.29 is 19.1 Å². The smallest absolute Gasteiger partial charge is 0.255 e. The fourth-order valence-corrected chi connectivity index (χ4v) is 3.90. The molecule has 0 heterocycles. The third-order valence-electron chi connectivity index (χ3n) is 4.97. The summed E-state index contributed by atoms with van der Waals surface area (Å²) in [6.45, 7) is 4.27. The standard InChI is InChI=1S/C26H28N2O4S/c1-17(2)18-8-11-20(12-9-18)27-25(29)16-33-22-7-5-6-21(15-22)28-26(30)19-10-13-23(31-3)24(14-19)32-4/h5-15,17H,16H2,1-4H3,(H,27,29)(H,28,30). The molecule has 2 amide bonds. The Morgan fingerprint density at radius 2 is 1.58 bits per heavy atom. The number of hydrogen-bond acceptors (Lipinski definition) is 5. The van der Waals surface area contributed by atoms with Gasteiger partial charge in [0.1, 0.15) is 0 Å². The van der Waals surface area contributed by atoms with Crippen molar-refractivity contribution in [2.24, 2.45) is 0 Å². The first kappa shape index (κ1) is 24.2. The molecule has 172 valence electrons. The van der Waals surface area contributed by atoms with Crippen molar-refractivity contribution in [3.63, 3.8) is 0 Å². The van der Waals surface area contributed by atoms with E-state index in [4.69, 9.17) is 9.47 Å². The fraction of sp³-hybridized carbons (Fsp3) is 0.231. The number of anilines is 2. The Bertz CT molecular complexity index is 1110. The molecule has 0 aliphatic carbocycles. The highest BCUT2D eigenvalue weighted by Crippen LogP contribution is 2.28. The number of carbonyl (C=O) groups is 2. The highest BCUT2D eigenvalue weighted by atomic mass is 32.2. The molecular weight excluding hydrogens is 436 g/mol. The van der Waals surface area contributed by atoms with E-state index in [2.05, 4.69) is 24.5 Å². The molecule has 0 atom stereocenters. The van der Waals surface area contributed by atoms with Gasteiger partial charge in [-0.1, -0.05) is 32.0 Å². The lowest BCUT2D eigenvalue weighted by Gasteiger charge is -2.11.